The molecular weight excluding hydrogens is 456 g/mol. The van der Waals surface area contributed by atoms with Crippen molar-refractivity contribution < 1.29 is 14.6 Å². The Morgan fingerprint density at radius 3 is 2.65 bits per heavy atom. The van der Waals surface area contributed by atoms with Crippen LogP contribution in [0.3, 0.4) is 0 Å². The lowest BCUT2D eigenvalue weighted by atomic mass is 9.87. The molecule has 2 heterocycles. The molecule has 0 aromatic heterocycles. The molecule has 20 heavy (non-hydrogen) atoms. The number of halogens is 3. The predicted molar refractivity (Wildman–Crippen MR) is 87.3 cm³/mol. The summed E-state index contributed by atoms with van der Waals surface area (Å²) in [4.78, 5) is 0. The normalized spacial score (nSPS) is 31.9. The molecule has 1 aromatic rings. The zero-order valence-corrected chi connectivity index (χ0v) is 15.2. The van der Waals surface area contributed by atoms with Crippen LogP contribution in [0.2, 0.25) is 0 Å². The Morgan fingerprint density at radius 1 is 1.25 bits per heavy atom. The third-order valence-corrected chi connectivity index (χ3v) is 6.58. The lowest BCUT2D eigenvalue weighted by Gasteiger charge is -2.38. The van der Waals surface area contributed by atoms with E-state index >= 15 is 0 Å². The van der Waals surface area contributed by atoms with E-state index in [0.29, 0.717) is 10.2 Å². The maximum atomic E-state index is 11.2. The fraction of sp³-hybridized carbons (Fsp3) is 0.286. The highest BCUT2D eigenvalue weighted by atomic mass is 79.9. The van der Waals surface area contributed by atoms with Gasteiger partial charge in [0.25, 0.3) is 0 Å². The molecule has 2 aliphatic rings. The van der Waals surface area contributed by atoms with E-state index in [-0.39, 0.29) is 6.10 Å². The lowest BCUT2D eigenvalue weighted by molar-refractivity contribution is -0.0729. The quantitative estimate of drug-likeness (QED) is 0.670. The monoisotopic (exact) mass is 464 g/mol. The molecule has 0 fully saturated rings. The molecule has 3 atom stereocenters. The number of rotatable bonds is 2. The first kappa shape index (κ1) is 14.8. The summed E-state index contributed by atoms with van der Waals surface area (Å²) >= 11 is 10.4. The third-order valence-electron chi connectivity index (χ3n) is 3.55. The van der Waals surface area contributed by atoms with E-state index in [1.165, 1.54) is 0 Å². The van der Waals surface area contributed by atoms with Gasteiger partial charge in [0.15, 0.2) is 5.60 Å². The summed E-state index contributed by atoms with van der Waals surface area (Å²) in [5, 5.41) is 11.2. The molecule has 0 spiro atoms. The summed E-state index contributed by atoms with van der Waals surface area (Å²) in [7, 11) is 1.61. The van der Waals surface area contributed by atoms with E-state index in [9.17, 15) is 5.11 Å². The van der Waals surface area contributed by atoms with Crippen LogP contribution in [0.1, 0.15) is 5.56 Å². The van der Waals surface area contributed by atoms with Crippen molar-refractivity contribution in [3.05, 3.63) is 49.4 Å². The highest BCUT2D eigenvalue weighted by molar-refractivity contribution is 9.14. The molecule has 3 nitrogen and oxygen atoms in total. The van der Waals surface area contributed by atoms with Crippen molar-refractivity contribution in [1.29, 1.82) is 0 Å². The molecule has 0 aliphatic carbocycles. The van der Waals surface area contributed by atoms with Crippen LogP contribution in [0.4, 0.5) is 0 Å². The highest BCUT2D eigenvalue weighted by Gasteiger charge is 2.49. The smallest absolute Gasteiger partial charge is 0.152 e. The molecule has 1 unspecified atom stereocenters. The number of hydrogen-bond donors (Lipinski definition) is 1. The van der Waals surface area contributed by atoms with Crippen molar-refractivity contribution in [1.82, 2.24) is 0 Å². The van der Waals surface area contributed by atoms with Gasteiger partial charge in [-0.05, 0) is 33.6 Å². The molecule has 3 rings (SSSR count). The zero-order valence-electron chi connectivity index (χ0n) is 10.4. The summed E-state index contributed by atoms with van der Waals surface area (Å²) in [6.07, 6.45) is 3.28. The van der Waals surface area contributed by atoms with Gasteiger partial charge in [-0.25, -0.2) is 0 Å². The van der Waals surface area contributed by atoms with E-state index in [1.54, 1.807) is 7.11 Å². The Balaban J connectivity index is 2.14. The first-order valence-electron chi connectivity index (χ1n) is 5.94. The number of fused-ring (bicyclic) bond motifs is 2. The number of methoxy groups -OCH3 is 1. The van der Waals surface area contributed by atoms with Crippen LogP contribution >= 0.6 is 47.8 Å². The van der Waals surface area contributed by atoms with Gasteiger partial charge in [-0.2, -0.15) is 0 Å². The standard InChI is InChI=1S/C14H11Br3O3/c1-19-9-3-2-7(6-8(9)15)14(18)11-5-4-10(20-11)12(16)13(14)17/h2-6,10-11,18H,1H3/t10-,11+,14?/m1/s1. The molecule has 0 saturated carbocycles. The Morgan fingerprint density at radius 2 is 2.00 bits per heavy atom. The molecule has 2 bridgehead atoms. The molecule has 106 valence electrons. The molecule has 0 radical (unpaired) electrons. The summed E-state index contributed by atoms with van der Waals surface area (Å²) in [6.45, 7) is 0. The predicted octanol–water partition coefficient (Wildman–Crippen LogP) is 3.98. The maximum absolute atomic E-state index is 11.2. The second kappa shape index (κ2) is 5.25. The van der Waals surface area contributed by atoms with Gasteiger partial charge in [-0.1, -0.05) is 50.1 Å². The highest BCUT2D eigenvalue weighted by Crippen LogP contribution is 2.50. The number of ether oxygens (including phenoxy) is 2. The van der Waals surface area contributed by atoms with Crippen molar-refractivity contribution in [2.45, 2.75) is 17.8 Å². The Hall–Kier alpha value is -0.140. The minimum absolute atomic E-state index is 0.128. The zero-order chi connectivity index (χ0) is 14.5. The van der Waals surface area contributed by atoms with E-state index in [1.807, 2.05) is 30.4 Å². The largest absolute Gasteiger partial charge is 0.496 e. The molecule has 1 aromatic carbocycles. The second-order valence-corrected chi connectivity index (χ2v) is 7.14. The van der Waals surface area contributed by atoms with Gasteiger partial charge in [-0.15, -0.1) is 0 Å². The van der Waals surface area contributed by atoms with Gasteiger partial charge in [-0.3, -0.25) is 0 Å². The van der Waals surface area contributed by atoms with Crippen molar-refractivity contribution in [3.63, 3.8) is 0 Å². The Kier molecular flexibility index (Phi) is 3.88. The topological polar surface area (TPSA) is 38.7 Å². The van der Waals surface area contributed by atoms with Crippen LogP contribution < -0.4 is 4.74 Å². The molecule has 1 N–H and O–H groups in total. The average Bonchev–Trinajstić information content (AvgIpc) is 2.91. The van der Waals surface area contributed by atoms with Crippen LogP contribution in [0.15, 0.2) is 43.8 Å². The Bertz CT molecular complexity index is 626. The summed E-state index contributed by atoms with van der Waals surface area (Å²) in [5.74, 6) is 0.716. The van der Waals surface area contributed by atoms with Crippen LogP contribution in [0.5, 0.6) is 5.75 Å². The lowest BCUT2D eigenvalue weighted by Crippen LogP contribution is -2.43. The van der Waals surface area contributed by atoms with Gasteiger partial charge in [0.2, 0.25) is 0 Å². The minimum atomic E-state index is -1.25. The van der Waals surface area contributed by atoms with Crippen molar-refractivity contribution in [3.8, 4) is 5.75 Å². The van der Waals surface area contributed by atoms with Crippen LogP contribution in [0.25, 0.3) is 0 Å². The molecule has 0 saturated heterocycles. The van der Waals surface area contributed by atoms with Gasteiger partial charge < -0.3 is 14.6 Å². The maximum Gasteiger partial charge on any atom is 0.152 e. The van der Waals surface area contributed by atoms with Crippen LogP contribution in [0, 0.1) is 0 Å². The average molecular weight is 467 g/mol. The second-order valence-electron chi connectivity index (χ2n) is 4.64. The number of benzene rings is 1. The fourth-order valence-electron chi connectivity index (χ4n) is 2.46. The summed E-state index contributed by atoms with van der Waals surface area (Å²) in [5.41, 5.74) is -0.527. The van der Waals surface area contributed by atoms with E-state index < -0.39 is 11.7 Å². The Labute approximate surface area is 142 Å². The van der Waals surface area contributed by atoms with Gasteiger partial charge >= 0.3 is 0 Å². The van der Waals surface area contributed by atoms with E-state index in [2.05, 4.69) is 47.8 Å². The van der Waals surface area contributed by atoms with Gasteiger partial charge in [0.05, 0.1) is 11.6 Å². The molecular formula is C14H11Br3O3. The van der Waals surface area contributed by atoms with E-state index in [0.717, 1.165) is 14.5 Å². The van der Waals surface area contributed by atoms with Crippen molar-refractivity contribution >= 4 is 47.8 Å². The van der Waals surface area contributed by atoms with Crippen LogP contribution in [-0.4, -0.2) is 24.4 Å². The minimum Gasteiger partial charge on any atom is -0.496 e. The molecule has 0 amide bonds. The van der Waals surface area contributed by atoms with Gasteiger partial charge in [0.1, 0.15) is 18.0 Å². The molecule has 6 heteroatoms. The summed E-state index contributed by atoms with van der Waals surface area (Å²) in [6, 6.07) is 5.49. The first-order chi connectivity index (χ1) is 9.48. The summed E-state index contributed by atoms with van der Waals surface area (Å²) < 4.78 is 13.3. The molecule has 2 aliphatic heterocycles. The fourth-order valence-corrected chi connectivity index (χ4v) is 4.24. The van der Waals surface area contributed by atoms with Crippen molar-refractivity contribution in [2.75, 3.05) is 7.11 Å². The SMILES string of the molecule is COc1ccc(C2(O)C(Br)=C(Br)[C@H]3C=C[C@@H]2O3)cc1Br. The van der Waals surface area contributed by atoms with Crippen molar-refractivity contribution in [2.24, 2.45) is 0 Å². The first-order valence-corrected chi connectivity index (χ1v) is 8.32. The number of aliphatic hydroxyl groups is 1. The van der Waals surface area contributed by atoms with Crippen LogP contribution in [-0.2, 0) is 10.3 Å². The van der Waals surface area contributed by atoms with E-state index in [4.69, 9.17) is 9.47 Å². The third kappa shape index (κ3) is 2.04. The number of hydrogen-bond acceptors (Lipinski definition) is 3. The van der Waals surface area contributed by atoms with Gasteiger partial charge in [0, 0.05) is 8.96 Å².